The highest BCUT2D eigenvalue weighted by molar-refractivity contribution is 7.86. The SMILES string of the molecule is CCOC(=O)c1cc(S(=O)(=O)F)cnc1C. The third kappa shape index (κ3) is 2.75. The number of aryl methyl sites for hydroxylation is 1. The summed E-state index contributed by atoms with van der Waals surface area (Å²) in [7, 11) is -4.86. The van der Waals surface area contributed by atoms with Gasteiger partial charge in [0.25, 0.3) is 0 Å². The number of hydrogen-bond donors (Lipinski definition) is 0. The largest absolute Gasteiger partial charge is 0.462 e. The molecule has 0 spiro atoms. The van der Waals surface area contributed by atoms with Crippen LogP contribution in [0.1, 0.15) is 23.0 Å². The number of hydrogen-bond acceptors (Lipinski definition) is 5. The standard InChI is InChI=1S/C9H10FNO4S/c1-3-15-9(12)8-4-7(16(10,13)14)5-11-6(8)2/h4-5H,3H2,1-2H3. The molecule has 0 saturated carbocycles. The molecule has 5 nitrogen and oxygen atoms in total. The number of nitrogens with zero attached hydrogens (tertiary/aromatic N) is 1. The molecule has 1 aromatic heterocycles. The van der Waals surface area contributed by atoms with Gasteiger partial charge in [-0.15, -0.1) is 3.89 Å². The van der Waals surface area contributed by atoms with Crippen molar-refractivity contribution in [1.82, 2.24) is 4.98 Å². The fourth-order valence-corrected chi connectivity index (χ4v) is 1.50. The minimum Gasteiger partial charge on any atom is -0.462 e. The lowest BCUT2D eigenvalue weighted by atomic mass is 10.2. The number of rotatable bonds is 3. The molecule has 1 heterocycles. The first-order valence-electron chi connectivity index (χ1n) is 4.44. The number of halogens is 1. The summed E-state index contributed by atoms with van der Waals surface area (Å²) < 4.78 is 38.6. The lowest BCUT2D eigenvalue weighted by molar-refractivity contribution is 0.0524. The van der Waals surface area contributed by atoms with E-state index in [0.717, 1.165) is 12.3 Å². The van der Waals surface area contributed by atoms with Gasteiger partial charge in [-0.3, -0.25) is 4.98 Å². The fraction of sp³-hybridized carbons (Fsp3) is 0.333. The Hall–Kier alpha value is -1.50. The Balaban J connectivity index is 3.24. The van der Waals surface area contributed by atoms with Crippen LogP contribution >= 0.6 is 0 Å². The predicted octanol–water partition coefficient (Wildman–Crippen LogP) is 1.22. The van der Waals surface area contributed by atoms with Crippen molar-refractivity contribution in [3.05, 3.63) is 23.5 Å². The van der Waals surface area contributed by atoms with Crippen molar-refractivity contribution in [2.75, 3.05) is 6.61 Å². The molecule has 0 aliphatic carbocycles. The van der Waals surface area contributed by atoms with Gasteiger partial charge in [0.05, 0.1) is 17.9 Å². The van der Waals surface area contributed by atoms with Crippen LogP contribution in [-0.4, -0.2) is 26.0 Å². The van der Waals surface area contributed by atoms with Crippen LogP contribution in [-0.2, 0) is 15.0 Å². The normalized spacial score (nSPS) is 11.2. The Kier molecular flexibility index (Phi) is 3.58. The van der Waals surface area contributed by atoms with E-state index in [0.29, 0.717) is 0 Å². The van der Waals surface area contributed by atoms with Crippen LogP contribution in [0.3, 0.4) is 0 Å². The maximum Gasteiger partial charge on any atom is 0.340 e. The van der Waals surface area contributed by atoms with E-state index in [1.54, 1.807) is 6.92 Å². The van der Waals surface area contributed by atoms with Crippen molar-refractivity contribution in [3.8, 4) is 0 Å². The molecule has 0 bridgehead atoms. The summed E-state index contributed by atoms with van der Waals surface area (Å²) in [4.78, 5) is 14.3. The number of carbonyl (C=O) groups excluding carboxylic acids is 1. The van der Waals surface area contributed by atoms with E-state index in [1.807, 2.05) is 0 Å². The number of pyridine rings is 1. The molecule has 0 amide bonds. The Morgan fingerprint density at radius 3 is 2.69 bits per heavy atom. The van der Waals surface area contributed by atoms with E-state index in [-0.39, 0.29) is 17.9 Å². The monoisotopic (exact) mass is 247 g/mol. The average Bonchev–Trinajstić information content (AvgIpc) is 2.16. The van der Waals surface area contributed by atoms with Gasteiger partial charge in [-0.1, -0.05) is 0 Å². The van der Waals surface area contributed by atoms with E-state index < -0.39 is 21.1 Å². The fourth-order valence-electron chi connectivity index (χ4n) is 1.06. The minimum atomic E-state index is -4.86. The first-order chi connectivity index (χ1) is 7.36. The van der Waals surface area contributed by atoms with Gasteiger partial charge in [0.1, 0.15) is 4.90 Å². The van der Waals surface area contributed by atoms with Crippen molar-refractivity contribution in [3.63, 3.8) is 0 Å². The van der Waals surface area contributed by atoms with Crippen molar-refractivity contribution in [2.45, 2.75) is 18.7 Å². The molecule has 0 N–H and O–H groups in total. The van der Waals surface area contributed by atoms with Crippen LogP contribution in [0.25, 0.3) is 0 Å². The second kappa shape index (κ2) is 4.56. The number of carbonyl (C=O) groups is 1. The lowest BCUT2D eigenvalue weighted by Crippen LogP contribution is -2.09. The second-order valence-corrected chi connectivity index (χ2v) is 4.31. The minimum absolute atomic E-state index is 0.0550. The van der Waals surface area contributed by atoms with E-state index in [2.05, 4.69) is 9.72 Å². The molecule has 7 heteroatoms. The zero-order valence-electron chi connectivity index (χ0n) is 8.73. The summed E-state index contributed by atoms with van der Waals surface area (Å²) in [5.74, 6) is -0.724. The van der Waals surface area contributed by atoms with E-state index >= 15 is 0 Å². The molecule has 0 radical (unpaired) electrons. The molecule has 0 saturated heterocycles. The number of ether oxygens (including phenoxy) is 1. The van der Waals surface area contributed by atoms with E-state index in [1.165, 1.54) is 6.92 Å². The summed E-state index contributed by atoms with van der Waals surface area (Å²) >= 11 is 0. The van der Waals surface area contributed by atoms with Crippen LogP contribution in [0.5, 0.6) is 0 Å². The zero-order chi connectivity index (χ0) is 12.3. The summed E-state index contributed by atoms with van der Waals surface area (Å²) in [6.45, 7) is 3.25. The van der Waals surface area contributed by atoms with Gasteiger partial charge >= 0.3 is 16.2 Å². The third-order valence-electron chi connectivity index (χ3n) is 1.84. The van der Waals surface area contributed by atoms with Crippen molar-refractivity contribution in [1.29, 1.82) is 0 Å². The van der Waals surface area contributed by atoms with Crippen molar-refractivity contribution < 1.29 is 21.8 Å². The zero-order valence-corrected chi connectivity index (χ0v) is 9.54. The average molecular weight is 247 g/mol. The topological polar surface area (TPSA) is 73.3 Å². The molecule has 88 valence electrons. The molecule has 0 unspecified atom stereocenters. The van der Waals surface area contributed by atoms with Crippen LogP contribution in [0.4, 0.5) is 3.89 Å². The van der Waals surface area contributed by atoms with E-state index in [4.69, 9.17) is 0 Å². The summed E-state index contributed by atoms with van der Waals surface area (Å²) in [5, 5.41) is 0. The quantitative estimate of drug-likeness (QED) is 0.593. The second-order valence-electron chi connectivity index (χ2n) is 2.96. The molecule has 0 atom stereocenters. The lowest BCUT2D eigenvalue weighted by Gasteiger charge is -2.05. The van der Waals surface area contributed by atoms with Gasteiger partial charge in [0, 0.05) is 6.20 Å². The first-order valence-corrected chi connectivity index (χ1v) is 5.83. The molecular formula is C9H10FNO4S. The molecule has 0 aromatic carbocycles. The molecular weight excluding hydrogens is 237 g/mol. The first kappa shape index (κ1) is 12.6. The highest BCUT2D eigenvalue weighted by Crippen LogP contribution is 2.15. The van der Waals surface area contributed by atoms with Crippen LogP contribution in [0.2, 0.25) is 0 Å². The summed E-state index contributed by atoms with van der Waals surface area (Å²) in [6, 6.07) is 0.912. The molecule has 0 aliphatic rings. The van der Waals surface area contributed by atoms with E-state index in [9.17, 15) is 17.1 Å². The van der Waals surface area contributed by atoms with Gasteiger partial charge in [-0.05, 0) is 19.9 Å². The summed E-state index contributed by atoms with van der Waals surface area (Å²) in [6.07, 6.45) is 0.855. The van der Waals surface area contributed by atoms with Gasteiger partial charge in [0.2, 0.25) is 0 Å². The van der Waals surface area contributed by atoms with Crippen LogP contribution in [0, 0.1) is 6.92 Å². The molecule has 1 aromatic rings. The summed E-state index contributed by atoms with van der Waals surface area (Å²) in [5.41, 5.74) is 0.228. The Morgan fingerprint density at radius 2 is 2.19 bits per heavy atom. The van der Waals surface area contributed by atoms with Gasteiger partial charge in [0.15, 0.2) is 0 Å². The molecule has 0 aliphatic heterocycles. The third-order valence-corrected chi connectivity index (χ3v) is 2.63. The van der Waals surface area contributed by atoms with Gasteiger partial charge < -0.3 is 4.74 Å². The van der Waals surface area contributed by atoms with Crippen LogP contribution in [0.15, 0.2) is 17.2 Å². The highest BCUT2D eigenvalue weighted by Gasteiger charge is 2.18. The molecule has 16 heavy (non-hydrogen) atoms. The van der Waals surface area contributed by atoms with Crippen molar-refractivity contribution >= 4 is 16.2 Å². The maximum atomic E-state index is 12.7. The van der Waals surface area contributed by atoms with Gasteiger partial charge in [-0.25, -0.2) is 4.79 Å². The Bertz CT molecular complexity index is 512. The smallest absolute Gasteiger partial charge is 0.340 e. The Morgan fingerprint density at radius 1 is 1.56 bits per heavy atom. The molecule has 0 fully saturated rings. The maximum absolute atomic E-state index is 12.7. The van der Waals surface area contributed by atoms with Gasteiger partial charge in [-0.2, -0.15) is 8.42 Å². The van der Waals surface area contributed by atoms with Crippen LogP contribution < -0.4 is 0 Å². The number of esters is 1. The Labute approximate surface area is 92.5 Å². The number of aromatic nitrogens is 1. The highest BCUT2D eigenvalue weighted by atomic mass is 32.3. The predicted molar refractivity (Wildman–Crippen MR) is 53.2 cm³/mol. The molecule has 1 rings (SSSR count). The van der Waals surface area contributed by atoms with Crippen molar-refractivity contribution in [2.24, 2.45) is 0 Å².